The molecule has 0 bridgehead atoms. The average molecular weight is 421 g/mol. The minimum absolute atomic E-state index is 0.106. The Morgan fingerprint density at radius 3 is 2.55 bits per heavy atom. The van der Waals surface area contributed by atoms with E-state index in [9.17, 15) is 9.59 Å². The number of carbonyl (C=O) groups is 1. The summed E-state index contributed by atoms with van der Waals surface area (Å²) in [4.78, 5) is 27.5. The van der Waals surface area contributed by atoms with Gasteiger partial charge in [0, 0.05) is 18.4 Å². The Labute approximate surface area is 181 Å². The number of aromatic nitrogens is 3. The lowest BCUT2D eigenvalue weighted by atomic mass is 10.1. The number of carbonyl (C=O) groups excluding carboxylic acids is 1. The highest BCUT2D eigenvalue weighted by molar-refractivity contribution is 5.76. The third kappa shape index (κ3) is 6.50. The van der Waals surface area contributed by atoms with E-state index in [4.69, 9.17) is 4.74 Å². The highest BCUT2D eigenvalue weighted by Crippen LogP contribution is 2.20. The van der Waals surface area contributed by atoms with Crippen molar-refractivity contribution >= 4 is 5.91 Å². The van der Waals surface area contributed by atoms with E-state index in [2.05, 4.69) is 34.3 Å². The van der Waals surface area contributed by atoms with E-state index in [-0.39, 0.29) is 36.0 Å². The molecular weight excluding hydrogens is 392 g/mol. The molecule has 0 aliphatic heterocycles. The van der Waals surface area contributed by atoms with Gasteiger partial charge in [0.1, 0.15) is 11.4 Å². The van der Waals surface area contributed by atoms with Gasteiger partial charge in [-0.15, -0.1) is 10.2 Å². The van der Waals surface area contributed by atoms with E-state index in [1.807, 2.05) is 61.5 Å². The highest BCUT2D eigenvalue weighted by atomic mass is 16.5. The van der Waals surface area contributed by atoms with Crippen molar-refractivity contribution in [1.29, 1.82) is 0 Å². The molecule has 0 saturated heterocycles. The third-order valence-electron chi connectivity index (χ3n) is 4.72. The molecule has 2 aromatic carbocycles. The van der Waals surface area contributed by atoms with Gasteiger partial charge in [0.05, 0.1) is 12.6 Å². The Balaban J connectivity index is 1.60. The fourth-order valence-corrected chi connectivity index (χ4v) is 3.02. The number of rotatable bonds is 9. The second-order valence-electron chi connectivity index (χ2n) is 7.88. The second-order valence-corrected chi connectivity index (χ2v) is 7.88. The summed E-state index contributed by atoms with van der Waals surface area (Å²) in [5.74, 6) is 1.35. The SMILES string of the molecule is CC(C)COc1cccc(-c2nnc(CCC(=O)N[C@@H](C)c3ccccc3)c(=O)[nH]2)c1. The largest absolute Gasteiger partial charge is 0.493 e. The number of benzene rings is 2. The number of nitrogens with zero attached hydrogens (tertiary/aromatic N) is 2. The summed E-state index contributed by atoms with van der Waals surface area (Å²) in [5, 5.41) is 11.1. The van der Waals surface area contributed by atoms with E-state index in [1.165, 1.54) is 0 Å². The van der Waals surface area contributed by atoms with E-state index in [1.54, 1.807) is 0 Å². The molecule has 0 aliphatic carbocycles. The van der Waals surface area contributed by atoms with Crippen molar-refractivity contribution in [2.45, 2.75) is 39.7 Å². The molecule has 0 unspecified atom stereocenters. The number of H-pyrrole nitrogens is 1. The van der Waals surface area contributed by atoms with E-state index in [0.29, 0.717) is 29.7 Å². The Morgan fingerprint density at radius 2 is 1.84 bits per heavy atom. The molecule has 1 amide bonds. The van der Waals surface area contributed by atoms with E-state index < -0.39 is 0 Å². The predicted molar refractivity (Wildman–Crippen MR) is 120 cm³/mol. The summed E-state index contributed by atoms with van der Waals surface area (Å²) in [6.45, 7) is 6.69. The van der Waals surface area contributed by atoms with Gasteiger partial charge in [-0.25, -0.2) is 0 Å². The topological polar surface area (TPSA) is 97.0 Å². The van der Waals surface area contributed by atoms with Gasteiger partial charge in [-0.2, -0.15) is 0 Å². The molecule has 1 aromatic heterocycles. The molecule has 2 N–H and O–H groups in total. The molecule has 3 aromatic rings. The van der Waals surface area contributed by atoms with Crippen LogP contribution in [-0.4, -0.2) is 27.7 Å². The van der Waals surface area contributed by atoms with E-state index in [0.717, 1.165) is 5.56 Å². The summed E-state index contributed by atoms with van der Waals surface area (Å²) in [6.07, 6.45) is 0.375. The van der Waals surface area contributed by atoms with Crippen LogP contribution in [0.1, 0.15) is 44.5 Å². The van der Waals surface area contributed by atoms with Crippen molar-refractivity contribution in [1.82, 2.24) is 20.5 Å². The first kappa shape index (κ1) is 22.2. The minimum Gasteiger partial charge on any atom is -0.493 e. The molecular formula is C24H28N4O3. The van der Waals surface area contributed by atoms with Gasteiger partial charge in [0.2, 0.25) is 5.91 Å². The zero-order valence-corrected chi connectivity index (χ0v) is 18.1. The number of amides is 1. The van der Waals surface area contributed by atoms with Crippen LogP contribution < -0.4 is 15.6 Å². The van der Waals surface area contributed by atoms with Crippen molar-refractivity contribution in [3.8, 4) is 17.1 Å². The third-order valence-corrected chi connectivity index (χ3v) is 4.72. The van der Waals surface area contributed by atoms with Crippen LogP contribution in [0.5, 0.6) is 5.75 Å². The fourth-order valence-electron chi connectivity index (χ4n) is 3.02. The Hall–Kier alpha value is -3.48. The maximum Gasteiger partial charge on any atom is 0.273 e. The molecule has 0 saturated carbocycles. The molecule has 1 atom stereocenters. The summed E-state index contributed by atoms with van der Waals surface area (Å²) in [5.41, 5.74) is 1.63. The van der Waals surface area contributed by atoms with Crippen LogP contribution in [0, 0.1) is 5.92 Å². The fraction of sp³-hybridized carbons (Fsp3) is 0.333. The number of aromatic amines is 1. The highest BCUT2D eigenvalue weighted by Gasteiger charge is 2.12. The number of aryl methyl sites for hydroxylation is 1. The smallest absolute Gasteiger partial charge is 0.273 e. The first-order valence-corrected chi connectivity index (χ1v) is 10.5. The van der Waals surface area contributed by atoms with Crippen LogP contribution in [0.2, 0.25) is 0 Å². The molecule has 31 heavy (non-hydrogen) atoms. The van der Waals surface area contributed by atoms with Crippen molar-refractivity contribution in [3.05, 3.63) is 76.2 Å². The normalized spacial score (nSPS) is 11.9. The van der Waals surface area contributed by atoms with Crippen LogP contribution in [0.25, 0.3) is 11.4 Å². The number of nitrogens with one attached hydrogen (secondary N) is 2. The zero-order chi connectivity index (χ0) is 22.2. The zero-order valence-electron chi connectivity index (χ0n) is 18.1. The van der Waals surface area contributed by atoms with Gasteiger partial charge in [-0.1, -0.05) is 56.3 Å². The molecule has 0 radical (unpaired) electrons. The van der Waals surface area contributed by atoms with E-state index >= 15 is 0 Å². The number of hydrogen-bond acceptors (Lipinski definition) is 5. The standard InChI is InChI=1S/C24H28N4O3/c1-16(2)15-31-20-11-7-10-19(14-20)23-26-24(30)21(27-28-23)12-13-22(29)25-17(3)18-8-5-4-6-9-18/h4-11,14,16-17H,12-13,15H2,1-3H3,(H,25,29)(H,26,28,30)/t17-/m0/s1. The number of hydrogen-bond donors (Lipinski definition) is 2. The predicted octanol–water partition coefficient (Wildman–Crippen LogP) is 3.68. The molecule has 1 heterocycles. The van der Waals surface area contributed by atoms with Gasteiger partial charge < -0.3 is 15.0 Å². The van der Waals surface area contributed by atoms with Gasteiger partial charge >= 0.3 is 0 Å². The first-order valence-electron chi connectivity index (χ1n) is 10.5. The monoisotopic (exact) mass is 420 g/mol. The van der Waals surface area contributed by atoms with Crippen LogP contribution in [0.4, 0.5) is 0 Å². The molecule has 0 aliphatic rings. The molecule has 162 valence electrons. The summed E-state index contributed by atoms with van der Waals surface area (Å²) in [7, 11) is 0. The average Bonchev–Trinajstić information content (AvgIpc) is 2.77. The van der Waals surface area contributed by atoms with Gasteiger partial charge in [0.15, 0.2) is 5.82 Å². The molecule has 7 nitrogen and oxygen atoms in total. The van der Waals surface area contributed by atoms with Crippen LogP contribution in [0.3, 0.4) is 0 Å². The quantitative estimate of drug-likeness (QED) is 0.550. The molecule has 7 heteroatoms. The summed E-state index contributed by atoms with van der Waals surface area (Å²) < 4.78 is 5.73. The molecule has 0 spiro atoms. The molecule has 3 rings (SSSR count). The lowest BCUT2D eigenvalue weighted by Gasteiger charge is -2.14. The Morgan fingerprint density at radius 1 is 1.06 bits per heavy atom. The first-order chi connectivity index (χ1) is 14.9. The van der Waals surface area contributed by atoms with Crippen molar-refractivity contribution in [3.63, 3.8) is 0 Å². The summed E-state index contributed by atoms with van der Waals surface area (Å²) in [6, 6.07) is 17.0. The Bertz CT molecular complexity index is 1060. The van der Waals surface area contributed by atoms with Crippen LogP contribution in [-0.2, 0) is 11.2 Å². The van der Waals surface area contributed by atoms with Gasteiger partial charge in [-0.3, -0.25) is 9.59 Å². The Kier molecular flexibility index (Phi) is 7.54. The van der Waals surface area contributed by atoms with Crippen molar-refractivity contribution in [2.75, 3.05) is 6.61 Å². The van der Waals surface area contributed by atoms with Crippen molar-refractivity contribution < 1.29 is 9.53 Å². The van der Waals surface area contributed by atoms with Crippen LogP contribution in [0.15, 0.2) is 59.4 Å². The van der Waals surface area contributed by atoms with Gasteiger partial charge in [0.25, 0.3) is 5.56 Å². The van der Waals surface area contributed by atoms with Crippen LogP contribution >= 0.6 is 0 Å². The second kappa shape index (κ2) is 10.5. The lowest BCUT2D eigenvalue weighted by molar-refractivity contribution is -0.121. The maximum atomic E-state index is 12.4. The maximum absolute atomic E-state index is 12.4. The van der Waals surface area contributed by atoms with Crippen molar-refractivity contribution in [2.24, 2.45) is 5.92 Å². The van der Waals surface area contributed by atoms with Gasteiger partial charge in [-0.05, 0) is 30.5 Å². The summed E-state index contributed by atoms with van der Waals surface area (Å²) >= 11 is 0. The minimum atomic E-state index is -0.345. The lowest BCUT2D eigenvalue weighted by Crippen LogP contribution is -2.28. The molecule has 0 fully saturated rings. The number of ether oxygens (including phenoxy) is 1.